The number of rotatable bonds is 1. The van der Waals surface area contributed by atoms with Crippen molar-refractivity contribution in [3.8, 4) is 0 Å². The summed E-state index contributed by atoms with van der Waals surface area (Å²) in [6, 6.07) is 5.49. The third-order valence-corrected chi connectivity index (χ3v) is 7.04. The zero-order chi connectivity index (χ0) is 16.1. The minimum Gasteiger partial charge on any atom is -0.336 e. The lowest BCUT2D eigenvalue weighted by Crippen LogP contribution is -2.54. The number of halogens is 2. The van der Waals surface area contributed by atoms with Gasteiger partial charge in [0.05, 0.1) is 21.3 Å². The van der Waals surface area contributed by atoms with Gasteiger partial charge in [0.1, 0.15) is 6.17 Å². The van der Waals surface area contributed by atoms with Gasteiger partial charge in [0, 0.05) is 0 Å². The van der Waals surface area contributed by atoms with Gasteiger partial charge in [-0.3, -0.25) is 10.1 Å². The molecule has 1 amide bonds. The summed E-state index contributed by atoms with van der Waals surface area (Å²) >= 11 is 13.9. The number of hydrogen-bond donors (Lipinski definition) is 2. The molecule has 1 aromatic rings. The second kappa shape index (κ2) is 5.99. The number of nitrogens with one attached hydrogen (secondary N) is 2. The maximum Gasteiger partial charge on any atom is 0.231 e. The Morgan fingerprint density at radius 2 is 2.09 bits per heavy atom. The molecule has 0 radical (unpaired) electrons. The van der Waals surface area contributed by atoms with Gasteiger partial charge in [-0.1, -0.05) is 36.2 Å². The number of thioether (sulfide) groups is 1. The Hall–Kier alpha value is -0.680. The van der Waals surface area contributed by atoms with E-state index in [1.165, 1.54) is 16.9 Å². The number of amides is 1. The summed E-state index contributed by atoms with van der Waals surface area (Å²) in [5.74, 6) is 0.814. The van der Waals surface area contributed by atoms with Crippen molar-refractivity contribution in [2.24, 2.45) is 11.8 Å². The van der Waals surface area contributed by atoms with E-state index in [1.807, 2.05) is 23.9 Å². The van der Waals surface area contributed by atoms with Crippen molar-refractivity contribution in [2.75, 3.05) is 0 Å². The number of fused-ring (bicyclic) bond motifs is 2. The number of allylic oxidation sites excluding steroid dienone is 1. The summed E-state index contributed by atoms with van der Waals surface area (Å²) in [6.07, 6.45) is 3.13. The molecule has 2 aliphatic heterocycles. The van der Waals surface area contributed by atoms with Crippen LogP contribution in [0.3, 0.4) is 0 Å². The van der Waals surface area contributed by atoms with E-state index < -0.39 is 0 Å². The first-order valence-electron chi connectivity index (χ1n) is 7.93. The summed E-state index contributed by atoms with van der Waals surface area (Å²) < 4.78 is 0. The van der Waals surface area contributed by atoms with Crippen molar-refractivity contribution in [3.05, 3.63) is 44.3 Å². The Labute approximate surface area is 150 Å². The number of carbonyl (C=O) groups excluding carboxylic acids is 1. The molecule has 1 fully saturated rings. The van der Waals surface area contributed by atoms with E-state index in [4.69, 9.17) is 23.2 Å². The molecule has 6 heteroatoms. The fourth-order valence-electron chi connectivity index (χ4n) is 3.68. The van der Waals surface area contributed by atoms with E-state index in [0.717, 1.165) is 24.3 Å². The molecule has 4 unspecified atom stereocenters. The largest absolute Gasteiger partial charge is 0.336 e. The van der Waals surface area contributed by atoms with Crippen LogP contribution in [0.1, 0.15) is 37.9 Å². The summed E-state index contributed by atoms with van der Waals surface area (Å²) in [7, 11) is 0. The fraction of sp³-hybridized carbons (Fsp3) is 0.471. The molecule has 1 aliphatic carbocycles. The van der Waals surface area contributed by atoms with Gasteiger partial charge in [-0.05, 0) is 53.4 Å². The molecule has 4 atom stereocenters. The van der Waals surface area contributed by atoms with E-state index in [-0.39, 0.29) is 23.4 Å². The van der Waals surface area contributed by atoms with Crippen molar-refractivity contribution in [1.29, 1.82) is 0 Å². The van der Waals surface area contributed by atoms with Crippen LogP contribution >= 0.6 is 35.0 Å². The maximum absolute atomic E-state index is 12.7. The summed E-state index contributed by atoms with van der Waals surface area (Å²) in [6.45, 7) is 2.29. The first-order chi connectivity index (χ1) is 11.0. The van der Waals surface area contributed by atoms with Gasteiger partial charge in [-0.15, -0.1) is 11.8 Å². The number of hydrogen-bond acceptors (Lipinski definition) is 3. The van der Waals surface area contributed by atoms with Crippen LogP contribution < -0.4 is 10.6 Å². The first kappa shape index (κ1) is 15.8. The topological polar surface area (TPSA) is 41.1 Å². The lowest BCUT2D eigenvalue weighted by atomic mass is 9.83. The molecule has 3 aliphatic rings. The Morgan fingerprint density at radius 3 is 2.87 bits per heavy atom. The minimum absolute atomic E-state index is 0.0264. The average molecular weight is 369 g/mol. The van der Waals surface area contributed by atoms with Crippen LogP contribution in [-0.2, 0) is 4.79 Å². The van der Waals surface area contributed by atoms with Crippen LogP contribution in [0.5, 0.6) is 0 Å². The van der Waals surface area contributed by atoms with Crippen molar-refractivity contribution in [3.63, 3.8) is 0 Å². The Balaban J connectivity index is 1.57. The molecule has 1 aromatic carbocycles. The van der Waals surface area contributed by atoms with E-state index >= 15 is 0 Å². The fourth-order valence-corrected chi connectivity index (χ4v) is 5.69. The Morgan fingerprint density at radius 1 is 1.26 bits per heavy atom. The molecule has 0 bridgehead atoms. The molecule has 122 valence electrons. The lowest BCUT2D eigenvalue weighted by Gasteiger charge is -2.35. The van der Waals surface area contributed by atoms with Crippen LogP contribution in [-0.4, -0.2) is 11.3 Å². The van der Waals surface area contributed by atoms with Gasteiger partial charge < -0.3 is 5.32 Å². The molecular weight excluding hydrogens is 351 g/mol. The molecular formula is C17H18Cl2N2OS. The van der Waals surface area contributed by atoms with Gasteiger partial charge in [0.15, 0.2) is 0 Å². The predicted octanol–water partition coefficient (Wildman–Crippen LogP) is 4.47. The van der Waals surface area contributed by atoms with Crippen molar-refractivity contribution in [1.82, 2.24) is 10.6 Å². The second-order valence-corrected chi connectivity index (χ2v) is 8.65. The standard InChI is InChI=1S/C17H18Cl2N2OS/c1-8-2-4-10-13(6-8)23-17-14(10)16(22)20-15(21-17)9-3-5-11(18)12(19)7-9/h3,5,7-8,14-15,17,21H,2,4,6H2,1H3,(H,20,22). The SMILES string of the molecule is CC1CCC2=C(C1)SC1NC(c3ccc(Cl)c(Cl)c3)NC(=O)C21. The van der Waals surface area contributed by atoms with E-state index in [1.54, 1.807) is 6.07 Å². The molecule has 1 saturated heterocycles. The van der Waals surface area contributed by atoms with Crippen molar-refractivity contribution >= 4 is 40.9 Å². The molecule has 23 heavy (non-hydrogen) atoms. The second-order valence-electron chi connectivity index (χ2n) is 6.59. The zero-order valence-electron chi connectivity index (χ0n) is 12.7. The van der Waals surface area contributed by atoms with Gasteiger partial charge in [0.25, 0.3) is 0 Å². The Bertz CT molecular complexity index is 706. The average Bonchev–Trinajstić information content (AvgIpc) is 2.87. The highest BCUT2D eigenvalue weighted by Gasteiger charge is 2.46. The third-order valence-electron chi connectivity index (χ3n) is 4.92. The minimum atomic E-state index is -0.218. The quantitative estimate of drug-likeness (QED) is 0.767. The van der Waals surface area contributed by atoms with E-state index in [0.29, 0.717) is 10.0 Å². The number of carbonyl (C=O) groups is 1. The lowest BCUT2D eigenvalue weighted by molar-refractivity contribution is -0.127. The van der Waals surface area contributed by atoms with Crippen LogP contribution in [0, 0.1) is 11.8 Å². The van der Waals surface area contributed by atoms with Gasteiger partial charge in [-0.2, -0.15) is 0 Å². The van der Waals surface area contributed by atoms with Gasteiger partial charge >= 0.3 is 0 Å². The predicted molar refractivity (Wildman–Crippen MR) is 95.4 cm³/mol. The summed E-state index contributed by atoms with van der Waals surface area (Å²) in [4.78, 5) is 14.1. The van der Waals surface area contributed by atoms with Crippen LogP contribution in [0.15, 0.2) is 28.7 Å². The first-order valence-corrected chi connectivity index (χ1v) is 9.56. The molecule has 0 saturated carbocycles. The van der Waals surface area contributed by atoms with Crippen molar-refractivity contribution in [2.45, 2.75) is 37.7 Å². The van der Waals surface area contributed by atoms with Gasteiger partial charge in [-0.25, -0.2) is 0 Å². The highest BCUT2D eigenvalue weighted by molar-refractivity contribution is 8.04. The zero-order valence-corrected chi connectivity index (χ0v) is 15.1. The van der Waals surface area contributed by atoms with Crippen LogP contribution in [0.4, 0.5) is 0 Å². The van der Waals surface area contributed by atoms with E-state index in [9.17, 15) is 4.79 Å². The summed E-state index contributed by atoms with van der Waals surface area (Å²) in [5.41, 5.74) is 2.29. The molecule has 2 N–H and O–H groups in total. The maximum atomic E-state index is 12.7. The monoisotopic (exact) mass is 368 g/mol. The Kier molecular flexibility index (Phi) is 4.12. The smallest absolute Gasteiger partial charge is 0.231 e. The third kappa shape index (κ3) is 2.80. The molecule has 4 rings (SSSR count). The summed E-state index contributed by atoms with van der Waals surface area (Å²) in [5, 5.41) is 7.82. The normalized spacial score (nSPS) is 33.3. The van der Waals surface area contributed by atoms with Crippen molar-refractivity contribution < 1.29 is 4.79 Å². The molecule has 0 aromatic heterocycles. The highest BCUT2D eigenvalue weighted by atomic mass is 35.5. The highest BCUT2D eigenvalue weighted by Crippen LogP contribution is 2.50. The van der Waals surface area contributed by atoms with Gasteiger partial charge in [0.2, 0.25) is 5.91 Å². The van der Waals surface area contributed by atoms with Crippen LogP contribution in [0.25, 0.3) is 0 Å². The molecule has 2 heterocycles. The van der Waals surface area contributed by atoms with Crippen LogP contribution in [0.2, 0.25) is 10.0 Å². The number of benzene rings is 1. The molecule has 0 spiro atoms. The van der Waals surface area contributed by atoms with E-state index in [2.05, 4.69) is 17.6 Å². The molecule has 3 nitrogen and oxygen atoms in total.